The number of carbonyl (C=O) groups is 1. The van der Waals surface area contributed by atoms with Crippen molar-refractivity contribution in [1.82, 2.24) is 0 Å². The highest BCUT2D eigenvalue weighted by Crippen LogP contribution is 2.20. The normalized spacial score (nSPS) is 12.3. The second-order valence-electron chi connectivity index (χ2n) is 3.49. The molecule has 0 aliphatic carbocycles. The second kappa shape index (κ2) is 4.91. The third-order valence-electron chi connectivity index (χ3n) is 2.44. The van der Waals surface area contributed by atoms with Crippen molar-refractivity contribution in [2.75, 3.05) is 7.11 Å². The smallest absolute Gasteiger partial charge is 0.312 e. The fourth-order valence-electron chi connectivity index (χ4n) is 1.44. The predicted molar refractivity (Wildman–Crippen MR) is 56.2 cm³/mol. The van der Waals surface area contributed by atoms with E-state index in [9.17, 15) is 9.18 Å². The quantitative estimate of drug-likeness (QED) is 0.717. The van der Waals surface area contributed by atoms with Crippen LogP contribution in [-0.4, -0.2) is 13.1 Å². The molecule has 0 aliphatic rings. The number of carbonyl (C=O) groups excluding carboxylic acids is 1. The molecule has 0 aromatic heterocycles. The van der Waals surface area contributed by atoms with Crippen LogP contribution in [0.5, 0.6) is 0 Å². The molecule has 0 saturated heterocycles. The Balaban J connectivity index is 3.03. The zero-order valence-electron chi connectivity index (χ0n) is 9.21. The van der Waals surface area contributed by atoms with Gasteiger partial charge in [-0.25, -0.2) is 4.39 Å². The van der Waals surface area contributed by atoms with E-state index in [1.54, 1.807) is 6.92 Å². The van der Waals surface area contributed by atoms with Gasteiger partial charge in [0, 0.05) is 0 Å². The maximum Gasteiger partial charge on any atom is 0.312 e. The number of esters is 1. The van der Waals surface area contributed by atoms with Crippen LogP contribution in [0.2, 0.25) is 0 Å². The molecule has 15 heavy (non-hydrogen) atoms. The van der Waals surface area contributed by atoms with Crippen molar-refractivity contribution < 1.29 is 13.9 Å². The van der Waals surface area contributed by atoms with Crippen molar-refractivity contribution >= 4 is 5.97 Å². The molecule has 3 heteroatoms. The van der Waals surface area contributed by atoms with Crippen molar-refractivity contribution in [1.29, 1.82) is 0 Å². The highest BCUT2D eigenvalue weighted by atomic mass is 19.1. The molecule has 0 bridgehead atoms. The average molecular weight is 210 g/mol. The van der Waals surface area contributed by atoms with Gasteiger partial charge in [0.15, 0.2) is 0 Å². The summed E-state index contributed by atoms with van der Waals surface area (Å²) in [7, 11) is 1.33. The zero-order valence-corrected chi connectivity index (χ0v) is 9.21. The Labute approximate surface area is 89.1 Å². The Bertz CT molecular complexity index is 361. The van der Waals surface area contributed by atoms with Crippen LogP contribution in [0.4, 0.5) is 4.39 Å². The molecule has 1 rings (SSSR count). The summed E-state index contributed by atoms with van der Waals surface area (Å²) in [4.78, 5) is 11.3. The molecule has 2 nitrogen and oxygen atoms in total. The summed E-state index contributed by atoms with van der Waals surface area (Å²) in [5.41, 5.74) is 1.56. The molecule has 0 heterocycles. The number of halogens is 1. The van der Waals surface area contributed by atoms with E-state index in [-0.39, 0.29) is 11.8 Å². The number of ether oxygens (including phenoxy) is 1. The lowest BCUT2D eigenvalue weighted by molar-refractivity contribution is -0.141. The molecule has 0 aliphatic heterocycles. The number of hydrogen-bond donors (Lipinski definition) is 0. The molecule has 1 aromatic rings. The fourth-order valence-corrected chi connectivity index (χ4v) is 1.44. The molecule has 0 radical (unpaired) electrons. The van der Waals surface area contributed by atoms with Gasteiger partial charge in [0.1, 0.15) is 5.82 Å². The van der Waals surface area contributed by atoms with E-state index in [1.807, 2.05) is 13.0 Å². The second-order valence-corrected chi connectivity index (χ2v) is 3.49. The van der Waals surface area contributed by atoms with E-state index in [2.05, 4.69) is 4.74 Å². The van der Waals surface area contributed by atoms with Gasteiger partial charge in [0.25, 0.3) is 0 Å². The molecule has 0 N–H and O–H groups in total. The van der Waals surface area contributed by atoms with Crippen LogP contribution >= 0.6 is 0 Å². The highest BCUT2D eigenvalue weighted by Gasteiger charge is 2.16. The molecule has 0 fully saturated rings. The van der Waals surface area contributed by atoms with Gasteiger partial charge in [-0.2, -0.15) is 0 Å². The first-order valence-corrected chi connectivity index (χ1v) is 4.95. The van der Waals surface area contributed by atoms with Crippen molar-refractivity contribution in [3.05, 3.63) is 35.1 Å². The first-order valence-electron chi connectivity index (χ1n) is 4.95. The Morgan fingerprint density at radius 3 is 2.67 bits per heavy atom. The molecule has 1 aromatic carbocycles. The van der Waals surface area contributed by atoms with Crippen LogP contribution in [0.1, 0.15) is 30.9 Å². The summed E-state index contributed by atoms with van der Waals surface area (Å²) >= 11 is 0. The van der Waals surface area contributed by atoms with Crippen LogP contribution < -0.4 is 0 Å². The molecular formula is C12H15FO2. The van der Waals surface area contributed by atoms with Crippen LogP contribution in [0.25, 0.3) is 0 Å². The van der Waals surface area contributed by atoms with Crippen molar-refractivity contribution in [3.63, 3.8) is 0 Å². The van der Waals surface area contributed by atoms with Gasteiger partial charge in [-0.05, 0) is 36.6 Å². The summed E-state index contributed by atoms with van der Waals surface area (Å²) in [6.07, 6.45) is 0.749. The summed E-state index contributed by atoms with van der Waals surface area (Å²) in [5, 5.41) is 0. The summed E-state index contributed by atoms with van der Waals surface area (Å²) in [6, 6.07) is 4.69. The van der Waals surface area contributed by atoms with E-state index in [0.717, 1.165) is 12.0 Å². The van der Waals surface area contributed by atoms with Crippen LogP contribution in [0, 0.1) is 5.82 Å². The topological polar surface area (TPSA) is 26.3 Å². The molecule has 0 saturated carbocycles. The van der Waals surface area contributed by atoms with E-state index in [1.165, 1.54) is 19.2 Å². The number of aryl methyl sites for hydroxylation is 1. The first kappa shape index (κ1) is 11.7. The minimum Gasteiger partial charge on any atom is -0.469 e. The largest absolute Gasteiger partial charge is 0.469 e. The SMILES string of the molecule is CCc1cc(F)cc(C(C)C(=O)OC)c1. The van der Waals surface area contributed by atoms with E-state index in [0.29, 0.717) is 5.56 Å². The lowest BCUT2D eigenvalue weighted by Crippen LogP contribution is -2.11. The monoisotopic (exact) mass is 210 g/mol. The van der Waals surface area contributed by atoms with Crippen molar-refractivity contribution in [3.8, 4) is 0 Å². The van der Waals surface area contributed by atoms with Crippen LogP contribution in [0.3, 0.4) is 0 Å². The lowest BCUT2D eigenvalue weighted by atomic mass is 9.98. The fraction of sp³-hybridized carbons (Fsp3) is 0.417. The highest BCUT2D eigenvalue weighted by molar-refractivity contribution is 5.77. The summed E-state index contributed by atoms with van der Waals surface area (Å²) in [6.45, 7) is 3.65. The molecular weight excluding hydrogens is 195 g/mol. The minimum atomic E-state index is -0.420. The van der Waals surface area contributed by atoms with Gasteiger partial charge in [-0.1, -0.05) is 13.0 Å². The average Bonchev–Trinajstić information content (AvgIpc) is 2.26. The number of rotatable bonds is 3. The van der Waals surface area contributed by atoms with E-state index >= 15 is 0 Å². The maximum atomic E-state index is 13.2. The van der Waals surface area contributed by atoms with E-state index in [4.69, 9.17) is 0 Å². The first-order chi connectivity index (χ1) is 7.08. The summed E-state index contributed by atoms with van der Waals surface area (Å²) in [5.74, 6) is -1.07. The lowest BCUT2D eigenvalue weighted by Gasteiger charge is -2.10. The Kier molecular flexibility index (Phi) is 3.83. The third-order valence-corrected chi connectivity index (χ3v) is 2.44. The number of methoxy groups -OCH3 is 1. The zero-order chi connectivity index (χ0) is 11.4. The Morgan fingerprint density at radius 2 is 2.13 bits per heavy atom. The standard InChI is InChI=1S/C12H15FO2/c1-4-9-5-10(7-11(13)6-9)8(2)12(14)15-3/h5-8H,4H2,1-3H3. The molecule has 82 valence electrons. The molecule has 1 atom stereocenters. The predicted octanol–water partition coefficient (Wildman–Crippen LogP) is 2.66. The van der Waals surface area contributed by atoms with Crippen molar-refractivity contribution in [2.24, 2.45) is 0 Å². The van der Waals surface area contributed by atoms with Gasteiger partial charge in [-0.3, -0.25) is 4.79 Å². The summed E-state index contributed by atoms with van der Waals surface area (Å²) < 4.78 is 17.8. The maximum absolute atomic E-state index is 13.2. The van der Waals surface area contributed by atoms with Gasteiger partial charge >= 0.3 is 5.97 Å². The van der Waals surface area contributed by atoms with Gasteiger partial charge in [0.2, 0.25) is 0 Å². The van der Waals surface area contributed by atoms with Crippen LogP contribution in [0.15, 0.2) is 18.2 Å². The van der Waals surface area contributed by atoms with Gasteiger partial charge in [0.05, 0.1) is 13.0 Å². The Morgan fingerprint density at radius 1 is 1.47 bits per heavy atom. The van der Waals surface area contributed by atoms with E-state index < -0.39 is 5.92 Å². The molecule has 0 spiro atoms. The third kappa shape index (κ3) is 2.78. The van der Waals surface area contributed by atoms with Gasteiger partial charge in [-0.15, -0.1) is 0 Å². The minimum absolute atomic E-state index is 0.305. The van der Waals surface area contributed by atoms with Crippen LogP contribution in [-0.2, 0) is 16.0 Å². The molecule has 0 amide bonds. The number of hydrogen-bond acceptors (Lipinski definition) is 2. The van der Waals surface area contributed by atoms with Crippen molar-refractivity contribution in [2.45, 2.75) is 26.2 Å². The number of benzene rings is 1. The van der Waals surface area contributed by atoms with Gasteiger partial charge < -0.3 is 4.74 Å². The Hall–Kier alpha value is -1.38. The molecule has 1 unspecified atom stereocenters.